The predicted octanol–water partition coefficient (Wildman–Crippen LogP) is 2.44. The molecule has 0 saturated carbocycles. The number of nitrogens with one attached hydrogen (secondary N) is 1. The maximum absolute atomic E-state index is 10.1. The van der Waals surface area contributed by atoms with Crippen molar-refractivity contribution in [1.29, 1.82) is 5.26 Å². The molecule has 0 spiro atoms. The van der Waals surface area contributed by atoms with E-state index < -0.39 is 5.60 Å². The summed E-state index contributed by atoms with van der Waals surface area (Å²) in [5.74, 6) is 0.476. The summed E-state index contributed by atoms with van der Waals surface area (Å²) in [5, 5.41) is 22.2. The number of nitrogens with zero attached hydrogens (tertiary/aromatic N) is 1. The van der Waals surface area contributed by atoms with Crippen molar-refractivity contribution in [2.45, 2.75) is 39.3 Å². The van der Waals surface area contributed by atoms with E-state index in [1.165, 1.54) is 0 Å². The molecule has 0 aliphatic heterocycles. The van der Waals surface area contributed by atoms with Gasteiger partial charge in [0.2, 0.25) is 0 Å². The lowest BCUT2D eigenvalue weighted by Crippen LogP contribution is -2.38. The largest absolute Gasteiger partial charge is 0.389 e. The molecule has 3 nitrogen and oxygen atoms in total. The van der Waals surface area contributed by atoms with Crippen LogP contribution in [0.1, 0.15) is 38.3 Å². The number of rotatable bonds is 6. The fourth-order valence-corrected chi connectivity index (χ4v) is 2.18. The Bertz CT molecular complexity index is 419. The summed E-state index contributed by atoms with van der Waals surface area (Å²) in [5.41, 5.74) is 1.05. The molecule has 3 heteroatoms. The molecule has 0 radical (unpaired) electrons. The zero-order valence-electron chi connectivity index (χ0n) is 11.4. The van der Waals surface area contributed by atoms with E-state index in [4.69, 9.17) is 5.26 Å². The van der Waals surface area contributed by atoms with Crippen molar-refractivity contribution < 1.29 is 5.11 Å². The first-order chi connectivity index (χ1) is 8.43. The highest BCUT2D eigenvalue weighted by atomic mass is 16.3. The number of benzene rings is 1. The van der Waals surface area contributed by atoms with E-state index in [0.717, 1.165) is 12.0 Å². The Morgan fingerprint density at radius 2 is 2.17 bits per heavy atom. The van der Waals surface area contributed by atoms with Crippen LogP contribution in [-0.4, -0.2) is 17.3 Å². The fourth-order valence-electron chi connectivity index (χ4n) is 2.18. The van der Waals surface area contributed by atoms with Gasteiger partial charge in [-0.25, -0.2) is 0 Å². The van der Waals surface area contributed by atoms with Crippen LogP contribution in [0, 0.1) is 17.2 Å². The molecule has 2 N–H and O–H groups in total. The van der Waals surface area contributed by atoms with Crippen molar-refractivity contribution >= 4 is 0 Å². The highest BCUT2D eigenvalue weighted by Crippen LogP contribution is 2.15. The second kappa shape index (κ2) is 6.53. The molecular weight excluding hydrogens is 224 g/mol. The minimum absolute atomic E-state index is 0.476. The molecule has 1 aromatic carbocycles. The van der Waals surface area contributed by atoms with Crippen LogP contribution in [-0.2, 0) is 6.54 Å². The standard InChI is InChI=1S/C15H22N2O/c1-12(2)8-15(3,18)11-17-10-14-6-4-5-13(7-14)9-16/h4-7,12,17-18H,8,10-11H2,1-3H3. The molecule has 1 unspecified atom stereocenters. The molecule has 98 valence electrons. The highest BCUT2D eigenvalue weighted by Gasteiger charge is 2.20. The van der Waals surface area contributed by atoms with Gasteiger partial charge in [-0.2, -0.15) is 5.26 Å². The van der Waals surface area contributed by atoms with Crippen LogP contribution in [0.4, 0.5) is 0 Å². The first-order valence-electron chi connectivity index (χ1n) is 6.35. The van der Waals surface area contributed by atoms with E-state index in [9.17, 15) is 5.11 Å². The quantitative estimate of drug-likeness (QED) is 0.810. The van der Waals surface area contributed by atoms with Crippen LogP contribution >= 0.6 is 0 Å². The van der Waals surface area contributed by atoms with Gasteiger partial charge in [0, 0.05) is 13.1 Å². The van der Waals surface area contributed by atoms with Gasteiger partial charge < -0.3 is 10.4 Å². The lowest BCUT2D eigenvalue weighted by molar-refractivity contribution is 0.0383. The van der Waals surface area contributed by atoms with Crippen LogP contribution in [0.3, 0.4) is 0 Å². The minimum atomic E-state index is -0.680. The second-order valence-corrected chi connectivity index (χ2v) is 5.51. The molecule has 0 heterocycles. The number of hydrogen-bond acceptors (Lipinski definition) is 3. The Labute approximate surface area is 109 Å². The van der Waals surface area contributed by atoms with Gasteiger partial charge in [-0.05, 0) is 37.0 Å². The third-order valence-electron chi connectivity index (χ3n) is 2.74. The summed E-state index contributed by atoms with van der Waals surface area (Å²) in [6.45, 7) is 7.28. The third-order valence-corrected chi connectivity index (χ3v) is 2.74. The van der Waals surface area contributed by atoms with Crippen molar-refractivity contribution in [1.82, 2.24) is 5.32 Å². The van der Waals surface area contributed by atoms with Gasteiger partial charge in [0.05, 0.1) is 17.2 Å². The van der Waals surface area contributed by atoms with Gasteiger partial charge in [-0.15, -0.1) is 0 Å². The molecule has 0 aliphatic carbocycles. The van der Waals surface area contributed by atoms with E-state index in [2.05, 4.69) is 25.2 Å². The van der Waals surface area contributed by atoms with Crippen LogP contribution < -0.4 is 5.32 Å². The van der Waals surface area contributed by atoms with E-state index in [-0.39, 0.29) is 0 Å². The summed E-state index contributed by atoms with van der Waals surface area (Å²) >= 11 is 0. The molecule has 1 rings (SSSR count). The Hall–Kier alpha value is -1.37. The van der Waals surface area contributed by atoms with Crippen LogP contribution in [0.25, 0.3) is 0 Å². The molecular formula is C15H22N2O. The van der Waals surface area contributed by atoms with Gasteiger partial charge in [0.25, 0.3) is 0 Å². The van der Waals surface area contributed by atoms with Gasteiger partial charge in [-0.3, -0.25) is 0 Å². The predicted molar refractivity (Wildman–Crippen MR) is 72.9 cm³/mol. The van der Waals surface area contributed by atoms with Crippen molar-refractivity contribution in [2.24, 2.45) is 5.92 Å². The smallest absolute Gasteiger partial charge is 0.0991 e. The van der Waals surface area contributed by atoms with E-state index in [1.807, 2.05) is 25.1 Å². The number of nitriles is 1. The molecule has 0 bridgehead atoms. The van der Waals surface area contributed by atoms with Crippen molar-refractivity contribution in [3.63, 3.8) is 0 Å². The Morgan fingerprint density at radius 3 is 2.78 bits per heavy atom. The van der Waals surface area contributed by atoms with Crippen LogP contribution in [0.15, 0.2) is 24.3 Å². The number of aliphatic hydroxyl groups is 1. The topological polar surface area (TPSA) is 56.0 Å². The Balaban J connectivity index is 2.44. The third kappa shape index (κ3) is 5.31. The van der Waals surface area contributed by atoms with Gasteiger partial charge in [0.15, 0.2) is 0 Å². The molecule has 18 heavy (non-hydrogen) atoms. The molecule has 0 aliphatic rings. The molecule has 0 fully saturated rings. The summed E-state index contributed by atoms with van der Waals surface area (Å²) in [7, 11) is 0. The summed E-state index contributed by atoms with van der Waals surface area (Å²) in [4.78, 5) is 0. The molecule has 1 atom stereocenters. The first kappa shape index (κ1) is 14.7. The monoisotopic (exact) mass is 246 g/mol. The van der Waals surface area contributed by atoms with E-state index in [0.29, 0.717) is 24.6 Å². The second-order valence-electron chi connectivity index (χ2n) is 5.51. The Kier molecular flexibility index (Phi) is 5.33. The zero-order valence-corrected chi connectivity index (χ0v) is 11.4. The average molecular weight is 246 g/mol. The lowest BCUT2D eigenvalue weighted by atomic mass is 9.94. The van der Waals surface area contributed by atoms with Gasteiger partial charge in [0.1, 0.15) is 0 Å². The van der Waals surface area contributed by atoms with Crippen LogP contribution in [0.5, 0.6) is 0 Å². The summed E-state index contributed by atoms with van der Waals surface area (Å²) in [6.07, 6.45) is 0.776. The molecule has 0 amide bonds. The lowest BCUT2D eigenvalue weighted by Gasteiger charge is -2.25. The van der Waals surface area contributed by atoms with Gasteiger partial charge >= 0.3 is 0 Å². The number of hydrogen-bond donors (Lipinski definition) is 2. The van der Waals surface area contributed by atoms with Crippen molar-refractivity contribution in [2.75, 3.05) is 6.54 Å². The Morgan fingerprint density at radius 1 is 1.44 bits per heavy atom. The normalized spacial score (nSPS) is 14.2. The maximum atomic E-state index is 10.1. The summed E-state index contributed by atoms with van der Waals surface area (Å²) < 4.78 is 0. The van der Waals surface area contributed by atoms with Crippen LogP contribution in [0.2, 0.25) is 0 Å². The fraction of sp³-hybridized carbons (Fsp3) is 0.533. The molecule has 0 aromatic heterocycles. The molecule has 0 saturated heterocycles. The maximum Gasteiger partial charge on any atom is 0.0991 e. The first-order valence-corrected chi connectivity index (χ1v) is 6.35. The van der Waals surface area contributed by atoms with E-state index >= 15 is 0 Å². The SMILES string of the molecule is CC(C)CC(C)(O)CNCc1cccc(C#N)c1. The van der Waals surface area contributed by atoms with Crippen molar-refractivity contribution in [3.8, 4) is 6.07 Å². The van der Waals surface area contributed by atoms with Crippen molar-refractivity contribution in [3.05, 3.63) is 35.4 Å². The zero-order chi connectivity index (χ0) is 13.6. The summed E-state index contributed by atoms with van der Waals surface area (Å²) in [6, 6.07) is 9.63. The molecule has 1 aromatic rings. The average Bonchev–Trinajstić information content (AvgIpc) is 2.27. The highest BCUT2D eigenvalue weighted by molar-refractivity contribution is 5.32. The van der Waals surface area contributed by atoms with E-state index in [1.54, 1.807) is 6.07 Å². The van der Waals surface area contributed by atoms with Gasteiger partial charge in [-0.1, -0.05) is 26.0 Å². The minimum Gasteiger partial charge on any atom is -0.389 e.